The highest BCUT2D eigenvalue weighted by atomic mass is 79.9. The first-order valence-corrected chi connectivity index (χ1v) is 6.75. The van der Waals surface area contributed by atoms with Gasteiger partial charge in [0.25, 0.3) is 0 Å². The summed E-state index contributed by atoms with van der Waals surface area (Å²) in [7, 11) is 0. The van der Waals surface area contributed by atoms with Crippen LogP contribution in [-0.4, -0.2) is 6.09 Å². The number of anilines is 1. The molecule has 19 heavy (non-hydrogen) atoms. The largest absolute Gasteiger partial charge is 0.444 e. The molecule has 0 heterocycles. The second kappa shape index (κ2) is 6.59. The van der Waals surface area contributed by atoms with Crippen molar-refractivity contribution in [1.82, 2.24) is 0 Å². The van der Waals surface area contributed by atoms with Gasteiger partial charge in [0.15, 0.2) is 0 Å². The standard InChI is InChI=1S/C14H11BrClNO2/c15-13-11(16)7-4-8-12(13)17-14(18)19-9-10-5-2-1-3-6-10/h1-8H,9H2,(H,17,18). The Morgan fingerprint density at radius 1 is 1.16 bits per heavy atom. The van der Waals surface area contributed by atoms with Gasteiger partial charge in [-0.1, -0.05) is 48.0 Å². The predicted octanol–water partition coefficient (Wildman–Crippen LogP) is 4.85. The molecule has 3 nitrogen and oxygen atoms in total. The Labute approximate surface area is 124 Å². The summed E-state index contributed by atoms with van der Waals surface area (Å²) in [4.78, 5) is 11.7. The number of halogens is 2. The van der Waals surface area contributed by atoms with Gasteiger partial charge in [-0.05, 0) is 33.6 Å². The van der Waals surface area contributed by atoms with E-state index in [0.29, 0.717) is 15.2 Å². The molecule has 0 atom stereocenters. The highest BCUT2D eigenvalue weighted by Gasteiger charge is 2.08. The van der Waals surface area contributed by atoms with Crippen LogP contribution >= 0.6 is 27.5 Å². The van der Waals surface area contributed by atoms with E-state index in [1.54, 1.807) is 18.2 Å². The molecule has 0 saturated heterocycles. The zero-order valence-corrected chi connectivity index (χ0v) is 12.2. The van der Waals surface area contributed by atoms with Crippen LogP contribution in [0.4, 0.5) is 10.5 Å². The van der Waals surface area contributed by atoms with Crippen LogP contribution in [0.2, 0.25) is 5.02 Å². The minimum absolute atomic E-state index is 0.227. The first-order valence-electron chi connectivity index (χ1n) is 5.58. The zero-order chi connectivity index (χ0) is 13.7. The van der Waals surface area contributed by atoms with Crippen LogP contribution in [0.5, 0.6) is 0 Å². The maximum atomic E-state index is 11.7. The van der Waals surface area contributed by atoms with Crippen molar-refractivity contribution in [1.29, 1.82) is 0 Å². The van der Waals surface area contributed by atoms with Crippen molar-refractivity contribution in [3.8, 4) is 0 Å². The smallest absolute Gasteiger partial charge is 0.411 e. The number of rotatable bonds is 3. The Kier molecular flexibility index (Phi) is 4.82. The summed E-state index contributed by atoms with van der Waals surface area (Å²) in [5.74, 6) is 0. The van der Waals surface area contributed by atoms with Gasteiger partial charge in [-0.3, -0.25) is 5.32 Å². The molecule has 0 aliphatic heterocycles. The average Bonchev–Trinajstić information content (AvgIpc) is 2.43. The second-order valence-corrected chi connectivity index (χ2v) is 4.99. The van der Waals surface area contributed by atoms with E-state index >= 15 is 0 Å². The summed E-state index contributed by atoms with van der Waals surface area (Å²) in [6.07, 6.45) is -0.521. The molecule has 0 aliphatic rings. The maximum Gasteiger partial charge on any atom is 0.411 e. The van der Waals surface area contributed by atoms with Crippen LogP contribution in [0.1, 0.15) is 5.56 Å². The zero-order valence-electron chi connectivity index (χ0n) is 9.90. The molecule has 1 amide bonds. The number of carbonyl (C=O) groups excluding carboxylic acids is 1. The Bertz CT molecular complexity index is 575. The van der Waals surface area contributed by atoms with Gasteiger partial charge in [-0.15, -0.1) is 0 Å². The lowest BCUT2D eigenvalue weighted by Crippen LogP contribution is -2.13. The lowest BCUT2D eigenvalue weighted by atomic mass is 10.2. The van der Waals surface area contributed by atoms with E-state index in [1.165, 1.54) is 0 Å². The van der Waals surface area contributed by atoms with E-state index in [4.69, 9.17) is 16.3 Å². The van der Waals surface area contributed by atoms with E-state index < -0.39 is 6.09 Å². The molecule has 5 heteroatoms. The Morgan fingerprint density at radius 2 is 1.89 bits per heavy atom. The first-order chi connectivity index (χ1) is 9.16. The number of hydrogen-bond donors (Lipinski definition) is 1. The third kappa shape index (κ3) is 3.98. The molecular formula is C14H11BrClNO2. The van der Waals surface area contributed by atoms with Gasteiger partial charge in [0.05, 0.1) is 15.2 Å². The van der Waals surface area contributed by atoms with Crippen LogP contribution in [0, 0.1) is 0 Å². The fraction of sp³-hybridized carbons (Fsp3) is 0.0714. The first kappa shape index (κ1) is 13.9. The van der Waals surface area contributed by atoms with E-state index in [1.807, 2.05) is 30.3 Å². The SMILES string of the molecule is O=C(Nc1cccc(Cl)c1Br)OCc1ccccc1. The molecule has 98 valence electrons. The van der Waals surface area contributed by atoms with Crippen molar-refractivity contribution in [3.63, 3.8) is 0 Å². The molecule has 0 aliphatic carbocycles. The summed E-state index contributed by atoms with van der Waals surface area (Å²) in [6, 6.07) is 14.7. The summed E-state index contributed by atoms with van der Waals surface area (Å²) in [6.45, 7) is 0.227. The van der Waals surface area contributed by atoms with Gasteiger partial charge in [0.1, 0.15) is 6.61 Å². The summed E-state index contributed by atoms with van der Waals surface area (Å²) < 4.78 is 5.75. The third-order valence-corrected chi connectivity index (χ3v) is 3.80. The number of ether oxygens (including phenoxy) is 1. The van der Waals surface area contributed by atoms with Crippen molar-refractivity contribution < 1.29 is 9.53 Å². The molecule has 0 radical (unpaired) electrons. The molecule has 0 aromatic heterocycles. The summed E-state index contributed by atoms with van der Waals surface area (Å²) in [5, 5.41) is 3.16. The molecule has 2 aromatic carbocycles. The van der Waals surface area contributed by atoms with Gasteiger partial charge >= 0.3 is 6.09 Å². The molecule has 0 saturated carbocycles. The predicted molar refractivity (Wildman–Crippen MR) is 79.4 cm³/mol. The Morgan fingerprint density at radius 3 is 2.63 bits per heavy atom. The minimum atomic E-state index is -0.521. The number of carbonyl (C=O) groups is 1. The van der Waals surface area contributed by atoms with Gasteiger partial charge < -0.3 is 4.74 Å². The van der Waals surface area contributed by atoms with E-state index in [-0.39, 0.29) is 6.61 Å². The second-order valence-electron chi connectivity index (χ2n) is 3.79. The molecule has 0 unspecified atom stereocenters. The topological polar surface area (TPSA) is 38.3 Å². The molecule has 0 bridgehead atoms. The molecule has 1 N–H and O–H groups in total. The number of nitrogens with one attached hydrogen (secondary N) is 1. The monoisotopic (exact) mass is 339 g/mol. The van der Waals surface area contributed by atoms with Gasteiger partial charge in [0, 0.05) is 0 Å². The fourth-order valence-electron chi connectivity index (χ4n) is 1.47. The van der Waals surface area contributed by atoms with Crippen molar-refractivity contribution in [3.05, 3.63) is 63.6 Å². The summed E-state index contributed by atoms with van der Waals surface area (Å²) in [5.41, 5.74) is 1.51. The third-order valence-electron chi connectivity index (χ3n) is 2.40. The minimum Gasteiger partial charge on any atom is -0.444 e. The highest BCUT2D eigenvalue weighted by Crippen LogP contribution is 2.30. The number of hydrogen-bond acceptors (Lipinski definition) is 2. The van der Waals surface area contributed by atoms with E-state index in [0.717, 1.165) is 5.56 Å². The van der Waals surface area contributed by atoms with Crippen molar-refractivity contribution in [2.45, 2.75) is 6.61 Å². The number of benzene rings is 2. The summed E-state index contributed by atoms with van der Waals surface area (Å²) >= 11 is 9.23. The van der Waals surface area contributed by atoms with Gasteiger partial charge in [-0.25, -0.2) is 4.79 Å². The van der Waals surface area contributed by atoms with Gasteiger partial charge in [-0.2, -0.15) is 0 Å². The van der Waals surface area contributed by atoms with E-state index in [2.05, 4.69) is 21.2 Å². The molecule has 0 spiro atoms. The maximum absolute atomic E-state index is 11.7. The van der Waals surface area contributed by atoms with Crippen LogP contribution in [0.15, 0.2) is 53.0 Å². The Balaban J connectivity index is 1.93. The van der Waals surface area contributed by atoms with Gasteiger partial charge in [0.2, 0.25) is 0 Å². The van der Waals surface area contributed by atoms with Crippen LogP contribution in [0.25, 0.3) is 0 Å². The normalized spacial score (nSPS) is 10.0. The van der Waals surface area contributed by atoms with Crippen LogP contribution in [0.3, 0.4) is 0 Å². The van der Waals surface area contributed by atoms with Crippen LogP contribution < -0.4 is 5.32 Å². The lowest BCUT2D eigenvalue weighted by molar-refractivity contribution is 0.155. The Hall–Kier alpha value is -1.52. The average molecular weight is 341 g/mol. The van der Waals surface area contributed by atoms with E-state index in [9.17, 15) is 4.79 Å². The van der Waals surface area contributed by atoms with Crippen molar-refractivity contribution >= 4 is 39.3 Å². The fourth-order valence-corrected chi connectivity index (χ4v) is 2.01. The lowest BCUT2D eigenvalue weighted by Gasteiger charge is -2.09. The quantitative estimate of drug-likeness (QED) is 0.867. The van der Waals surface area contributed by atoms with Crippen molar-refractivity contribution in [2.24, 2.45) is 0 Å². The molecule has 2 aromatic rings. The molecule has 0 fully saturated rings. The molecule has 2 rings (SSSR count). The van der Waals surface area contributed by atoms with Crippen molar-refractivity contribution in [2.75, 3.05) is 5.32 Å². The number of amides is 1. The molecular weight excluding hydrogens is 330 g/mol. The highest BCUT2D eigenvalue weighted by molar-refractivity contribution is 9.10. The van der Waals surface area contributed by atoms with Crippen LogP contribution in [-0.2, 0) is 11.3 Å².